The van der Waals surface area contributed by atoms with Crippen LogP contribution in [0.4, 0.5) is 0 Å². The number of ether oxygens (including phenoxy) is 4. The van der Waals surface area contributed by atoms with Crippen LogP contribution in [0.15, 0.2) is 39.3 Å². The second-order valence-corrected chi connectivity index (χ2v) is 15.9. The van der Waals surface area contributed by atoms with Crippen molar-refractivity contribution in [1.82, 2.24) is 0 Å². The summed E-state index contributed by atoms with van der Waals surface area (Å²) in [6.45, 7) is 5.41. The van der Waals surface area contributed by atoms with Crippen molar-refractivity contribution in [1.29, 1.82) is 0 Å². The van der Waals surface area contributed by atoms with Crippen LogP contribution in [-0.2, 0) is 18.9 Å². The lowest BCUT2D eigenvalue weighted by molar-refractivity contribution is -0.359. The Kier molecular flexibility index (Phi) is 9.48. The predicted molar refractivity (Wildman–Crippen MR) is 171 cm³/mol. The molecule has 49 heavy (non-hydrogen) atoms. The Bertz CT molecular complexity index is 1430. The Morgan fingerprint density at radius 1 is 0.837 bits per heavy atom. The molecule has 2 aliphatic heterocycles. The summed E-state index contributed by atoms with van der Waals surface area (Å²) in [7, 11) is 0. The van der Waals surface area contributed by atoms with Crippen LogP contribution in [0, 0.1) is 22.7 Å². The van der Waals surface area contributed by atoms with E-state index in [9.17, 15) is 40.5 Å². The van der Waals surface area contributed by atoms with Crippen molar-refractivity contribution < 1.29 is 59.1 Å². The van der Waals surface area contributed by atoms with E-state index in [-0.39, 0.29) is 34.2 Å². The Hall–Kier alpha value is -1.75. The van der Waals surface area contributed by atoms with Crippen molar-refractivity contribution in [2.45, 2.75) is 151 Å². The standard InChI is InChI=1S/C36H52O13/c1-17-26(39)27(40)29(42)32(46-17)49-31-24(15-37)48-33(30(43)28(31)41)47-20-8-11-34(2)19(14-20)5-6-23-22(34)9-12-35(3)21(10-13-36(23,35)44)18-4-7-25(38)45-16-18/h4,7,14,16-17,20-24,26-33,37,39-44H,5-6,8-13,15H2,1-3H3/t17-,20+,21-,22+,23-,24+,26-,27+,28-,29-,30+,31-,32+,33+,34+,35-,36+/m1/s1. The van der Waals surface area contributed by atoms with Gasteiger partial charge in [0.15, 0.2) is 12.6 Å². The van der Waals surface area contributed by atoms with Crippen LogP contribution in [0.1, 0.15) is 83.6 Å². The van der Waals surface area contributed by atoms with E-state index >= 15 is 0 Å². The first-order chi connectivity index (χ1) is 23.2. The highest BCUT2D eigenvalue weighted by atomic mass is 16.7. The molecule has 274 valence electrons. The minimum absolute atomic E-state index is 0.116. The van der Waals surface area contributed by atoms with Gasteiger partial charge in [0.05, 0.1) is 30.7 Å². The first kappa shape index (κ1) is 35.6. The maximum Gasteiger partial charge on any atom is 0.335 e. The van der Waals surface area contributed by atoms with E-state index in [0.717, 1.165) is 44.1 Å². The number of aliphatic hydroxyl groups is 7. The van der Waals surface area contributed by atoms with Crippen molar-refractivity contribution in [2.75, 3.05) is 6.61 Å². The lowest BCUT2D eigenvalue weighted by atomic mass is 9.45. The largest absolute Gasteiger partial charge is 0.431 e. The normalized spacial score (nSPS) is 51.3. The molecule has 0 spiro atoms. The minimum atomic E-state index is -1.64. The molecule has 17 atom stereocenters. The van der Waals surface area contributed by atoms with Gasteiger partial charge in [0.25, 0.3) is 0 Å². The summed E-state index contributed by atoms with van der Waals surface area (Å²) in [4.78, 5) is 11.6. The van der Waals surface area contributed by atoms with Crippen molar-refractivity contribution in [3.05, 3.63) is 46.0 Å². The van der Waals surface area contributed by atoms with Crippen molar-refractivity contribution in [2.24, 2.45) is 22.7 Å². The zero-order valence-corrected chi connectivity index (χ0v) is 28.3. The zero-order chi connectivity index (χ0) is 35.0. The molecule has 3 heterocycles. The molecular formula is C36H52O13. The van der Waals surface area contributed by atoms with Crippen LogP contribution in [0.5, 0.6) is 0 Å². The van der Waals surface area contributed by atoms with Crippen molar-refractivity contribution in [3.63, 3.8) is 0 Å². The summed E-state index contributed by atoms with van der Waals surface area (Å²) in [5.41, 5.74) is 0.574. The van der Waals surface area contributed by atoms with Gasteiger partial charge in [0, 0.05) is 11.5 Å². The Labute approximate surface area is 285 Å². The highest BCUT2D eigenvalue weighted by Crippen LogP contribution is 2.70. The van der Waals surface area contributed by atoms with E-state index in [0.29, 0.717) is 12.8 Å². The van der Waals surface area contributed by atoms with E-state index in [4.69, 9.17) is 23.4 Å². The van der Waals surface area contributed by atoms with Crippen molar-refractivity contribution >= 4 is 0 Å². The van der Waals surface area contributed by atoms with Gasteiger partial charge in [0.2, 0.25) is 0 Å². The van der Waals surface area contributed by atoms with Crippen LogP contribution in [0.2, 0.25) is 0 Å². The first-order valence-electron chi connectivity index (χ1n) is 17.9. The average Bonchev–Trinajstić information content (AvgIpc) is 3.37. The summed E-state index contributed by atoms with van der Waals surface area (Å²) >= 11 is 0. The molecule has 1 aromatic rings. The summed E-state index contributed by atoms with van der Waals surface area (Å²) in [6, 6.07) is 3.31. The maximum atomic E-state index is 12.5. The zero-order valence-electron chi connectivity index (χ0n) is 28.3. The van der Waals surface area contributed by atoms with Crippen LogP contribution < -0.4 is 5.63 Å². The van der Waals surface area contributed by atoms with Crippen LogP contribution in [0.25, 0.3) is 0 Å². The van der Waals surface area contributed by atoms with E-state index in [1.807, 2.05) is 6.07 Å². The molecule has 3 saturated carbocycles. The van der Waals surface area contributed by atoms with E-state index in [1.165, 1.54) is 18.6 Å². The third-order valence-electron chi connectivity index (χ3n) is 13.6. The molecule has 5 fully saturated rings. The summed E-state index contributed by atoms with van der Waals surface area (Å²) in [5, 5.41) is 75.3. The molecule has 13 nitrogen and oxygen atoms in total. The maximum absolute atomic E-state index is 12.5. The van der Waals surface area contributed by atoms with E-state index in [2.05, 4.69) is 19.9 Å². The predicted octanol–water partition coefficient (Wildman–Crippen LogP) is 0.838. The molecule has 4 aliphatic carbocycles. The lowest BCUT2D eigenvalue weighted by Crippen LogP contribution is -2.64. The summed E-state index contributed by atoms with van der Waals surface area (Å²) < 4.78 is 28.6. The highest BCUT2D eigenvalue weighted by Gasteiger charge is 2.67. The minimum Gasteiger partial charge on any atom is -0.431 e. The highest BCUT2D eigenvalue weighted by molar-refractivity contribution is 5.31. The summed E-state index contributed by atoms with van der Waals surface area (Å²) in [6.07, 6.45) is -3.99. The molecule has 0 radical (unpaired) electrons. The van der Waals surface area contributed by atoms with Gasteiger partial charge >= 0.3 is 5.63 Å². The average molecular weight is 693 g/mol. The smallest absolute Gasteiger partial charge is 0.335 e. The SMILES string of the molecule is C[C@H]1O[C@@H](O[C@H]2[C@H](O)[C@H](O)[C@@H](O[C@@H]3C=C4CC[C@@H]5[C@H](CC[C@]6(C)[C@@H](c7ccc(=O)oc7)CC[C@]56O)[C@@]4(C)CC3)O[C@H]2CO)[C@H](O)[C@@H](O)[C@@H]1O. The quantitative estimate of drug-likeness (QED) is 0.207. The third-order valence-corrected chi connectivity index (χ3v) is 13.6. The number of hydrogen-bond acceptors (Lipinski definition) is 13. The third kappa shape index (κ3) is 5.68. The number of aliphatic hydroxyl groups excluding tert-OH is 6. The lowest BCUT2D eigenvalue weighted by Gasteiger charge is -2.62. The number of fused-ring (bicyclic) bond motifs is 5. The molecule has 7 rings (SSSR count). The summed E-state index contributed by atoms with van der Waals surface area (Å²) in [5.74, 6) is 0.533. The molecule has 0 bridgehead atoms. The molecule has 0 unspecified atom stereocenters. The van der Waals surface area contributed by atoms with Crippen LogP contribution >= 0.6 is 0 Å². The Morgan fingerprint density at radius 2 is 1.57 bits per heavy atom. The second-order valence-electron chi connectivity index (χ2n) is 15.9. The van der Waals surface area contributed by atoms with Gasteiger partial charge in [0.1, 0.15) is 42.7 Å². The van der Waals surface area contributed by atoms with E-state index in [1.54, 1.807) is 6.26 Å². The topological polar surface area (TPSA) is 209 Å². The van der Waals surface area contributed by atoms with Gasteiger partial charge in [-0.3, -0.25) is 0 Å². The molecule has 0 amide bonds. The Balaban J connectivity index is 1.03. The fraction of sp³-hybridized carbons (Fsp3) is 0.806. The molecule has 13 heteroatoms. The van der Waals surface area contributed by atoms with Gasteiger partial charge in [-0.1, -0.05) is 25.5 Å². The number of rotatable bonds is 6. The van der Waals surface area contributed by atoms with E-state index < -0.39 is 79.7 Å². The fourth-order valence-corrected chi connectivity index (χ4v) is 10.7. The molecular weight excluding hydrogens is 640 g/mol. The number of hydrogen-bond donors (Lipinski definition) is 7. The molecule has 2 saturated heterocycles. The Morgan fingerprint density at radius 3 is 2.29 bits per heavy atom. The molecule has 6 aliphatic rings. The van der Waals surface area contributed by atoms with Gasteiger partial charge in [-0.25, -0.2) is 4.79 Å². The second kappa shape index (κ2) is 13.0. The van der Waals surface area contributed by atoms with Crippen molar-refractivity contribution in [3.8, 4) is 0 Å². The van der Waals surface area contributed by atoms with Gasteiger partial charge in [-0.15, -0.1) is 0 Å². The van der Waals surface area contributed by atoms with Gasteiger partial charge in [-0.2, -0.15) is 0 Å². The van der Waals surface area contributed by atoms with Crippen LogP contribution in [-0.4, -0.2) is 115 Å². The molecule has 7 N–H and O–H groups in total. The van der Waals surface area contributed by atoms with Gasteiger partial charge in [-0.05, 0) is 93.1 Å². The monoisotopic (exact) mass is 692 g/mol. The fourth-order valence-electron chi connectivity index (χ4n) is 10.7. The molecule has 0 aromatic carbocycles. The van der Waals surface area contributed by atoms with Crippen LogP contribution in [0.3, 0.4) is 0 Å². The first-order valence-corrected chi connectivity index (χ1v) is 17.9. The molecule has 1 aromatic heterocycles. The number of allylic oxidation sites excluding steroid dienone is 1. The van der Waals surface area contributed by atoms with Gasteiger partial charge < -0.3 is 59.1 Å².